The van der Waals surface area contributed by atoms with Crippen LogP contribution in [-0.4, -0.2) is 56.1 Å². The number of nitro benzene ring substituents is 1. The molecule has 0 radical (unpaired) electrons. The summed E-state index contributed by atoms with van der Waals surface area (Å²) in [7, 11) is 0. The zero-order chi connectivity index (χ0) is 18.0. The van der Waals surface area contributed by atoms with E-state index in [4.69, 9.17) is 10.2 Å². The van der Waals surface area contributed by atoms with Crippen LogP contribution in [0.1, 0.15) is 10.4 Å². The minimum Gasteiger partial charge on any atom is -0.501 e. The van der Waals surface area contributed by atoms with E-state index < -0.39 is 46.3 Å². The molecule has 0 aliphatic carbocycles. The van der Waals surface area contributed by atoms with Gasteiger partial charge in [0, 0.05) is 17.8 Å². The van der Waals surface area contributed by atoms with Gasteiger partial charge in [0.05, 0.1) is 18.1 Å². The topological polar surface area (TPSA) is 170 Å². The number of hydrogen-bond donors (Lipinski definition) is 4. The van der Waals surface area contributed by atoms with Gasteiger partial charge < -0.3 is 20.6 Å². The highest BCUT2D eigenvalue weighted by Crippen LogP contribution is 2.34. The molecular weight excluding hydrogens is 326 g/mol. The Morgan fingerprint density at radius 3 is 2.54 bits per heavy atom. The van der Waals surface area contributed by atoms with Crippen LogP contribution in [0, 0.1) is 10.1 Å². The van der Waals surface area contributed by atoms with E-state index in [2.05, 4.69) is 5.32 Å². The minimum absolute atomic E-state index is 0.171. The number of carboxylic acid groups (broad SMARTS) is 1. The van der Waals surface area contributed by atoms with Crippen molar-refractivity contribution in [2.45, 2.75) is 0 Å². The summed E-state index contributed by atoms with van der Waals surface area (Å²) in [6.45, 7) is -0.665. The maximum absolute atomic E-state index is 12.0. The van der Waals surface area contributed by atoms with Crippen LogP contribution in [0.3, 0.4) is 0 Å². The van der Waals surface area contributed by atoms with Gasteiger partial charge in [0.15, 0.2) is 0 Å². The van der Waals surface area contributed by atoms with Gasteiger partial charge in [0.25, 0.3) is 11.8 Å². The fourth-order valence-corrected chi connectivity index (χ4v) is 2.06. The number of phenols is 1. The lowest BCUT2D eigenvalue weighted by molar-refractivity contribution is -0.385. The molecule has 0 atom stereocenters. The second kappa shape index (κ2) is 6.34. The Morgan fingerprint density at radius 1 is 1.33 bits per heavy atom. The summed E-state index contributed by atoms with van der Waals surface area (Å²) >= 11 is 0. The zero-order valence-corrected chi connectivity index (χ0v) is 11.9. The second-order valence-corrected chi connectivity index (χ2v) is 4.66. The number of anilines is 1. The van der Waals surface area contributed by atoms with Crippen LogP contribution in [0.2, 0.25) is 0 Å². The minimum atomic E-state index is -1.61. The standard InChI is InChI=1S/C13H11N3O8/c17-2-1-15-10(18)5-8(12(15)20)14-6-3-7(13(21)22)11(19)9(4-6)16(23)24/h3-5,14,17,19H,1-2H2,(H,21,22). The molecule has 1 aromatic rings. The van der Waals surface area contributed by atoms with Gasteiger partial charge in [-0.3, -0.25) is 24.6 Å². The number of aromatic carboxylic acids is 1. The van der Waals surface area contributed by atoms with Gasteiger partial charge in [-0.2, -0.15) is 0 Å². The van der Waals surface area contributed by atoms with E-state index in [1.807, 2.05) is 0 Å². The number of benzene rings is 1. The monoisotopic (exact) mass is 337 g/mol. The molecule has 2 rings (SSSR count). The summed E-state index contributed by atoms with van der Waals surface area (Å²) in [4.78, 5) is 45.3. The second-order valence-electron chi connectivity index (χ2n) is 4.66. The van der Waals surface area contributed by atoms with Gasteiger partial charge in [0.2, 0.25) is 5.75 Å². The molecule has 0 saturated heterocycles. The Kier molecular flexibility index (Phi) is 4.46. The largest absolute Gasteiger partial charge is 0.501 e. The van der Waals surface area contributed by atoms with Crippen molar-refractivity contribution in [3.63, 3.8) is 0 Å². The van der Waals surface area contributed by atoms with Crippen molar-refractivity contribution in [2.24, 2.45) is 0 Å². The molecule has 4 N–H and O–H groups in total. The molecule has 11 nitrogen and oxygen atoms in total. The van der Waals surface area contributed by atoms with Crippen LogP contribution in [0.5, 0.6) is 5.75 Å². The van der Waals surface area contributed by atoms with E-state index in [1.165, 1.54) is 0 Å². The first-order chi connectivity index (χ1) is 11.3. The number of nitrogens with zero attached hydrogens (tertiary/aromatic N) is 2. The highest BCUT2D eigenvalue weighted by atomic mass is 16.6. The highest BCUT2D eigenvalue weighted by Gasteiger charge is 2.31. The normalized spacial score (nSPS) is 13.9. The average molecular weight is 337 g/mol. The number of rotatable bonds is 6. The molecule has 0 saturated carbocycles. The van der Waals surface area contributed by atoms with Gasteiger partial charge in [-0.25, -0.2) is 4.79 Å². The van der Waals surface area contributed by atoms with Crippen LogP contribution in [0.4, 0.5) is 11.4 Å². The van der Waals surface area contributed by atoms with E-state index >= 15 is 0 Å². The fourth-order valence-electron chi connectivity index (χ4n) is 2.06. The first-order valence-electron chi connectivity index (χ1n) is 6.46. The predicted octanol–water partition coefficient (Wildman–Crippen LogP) is -0.345. The number of aliphatic hydroxyl groups is 1. The van der Waals surface area contributed by atoms with E-state index in [0.29, 0.717) is 0 Å². The van der Waals surface area contributed by atoms with E-state index in [9.17, 15) is 29.6 Å². The summed E-state index contributed by atoms with van der Waals surface area (Å²) in [5.74, 6) is -4.10. The zero-order valence-electron chi connectivity index (χ0n) is 11.9. The maximum atomic E-state index is 12.0. The number of carbonyl (C=O) groups excluding carboxylic acids is 2. The summed E-state index contributed by atoms with van der Waals surface area (Å²) < 4.78 is 0. The molecule has 1 aliphatic rings. The Bertz CT molecular complexity index is 750. The number of aliphatic hydroxyl groups excluding tert-OH is 1. The Labute approximate surface area is 133 Å². The number of β-amino-alcohol motifs (C(OH)–C–C–N with tert-alkyl or cyclic N) is 1. The third-order valence-electron chi connectivity index (χ3n) is 3.13. The molecule has 126 valence electrons. The van der Waals surface area contributed by atoms with Gasteiger partial charge in [-0.05, 0) is 6.07 Å². The third kappa shape index (κ3) is 3.01. The van der Waals surface area contributed by atoms with E-state index in [0.717, 1.165) is 23.1 Å². The number of aromatic hydroxyl groups is 1. The molecule has 0 unspecified atom stereocenters. The van der Waals surface area contributed by atoms with Crippen LogP contribution < -0.4 is 5.32 Å². The first-order valence-corrected chi connectivity index (χ1v) is 6.46. The van der Waals surface area contributed by atoms with Crippen LogP contribution in [-0.2, 0) is 9.59 Å². The molecule has 0 fully saturated rings. The summed E-state index contributed by atoms with van der Waals surface area (Å²) in [5, 5.41) is 40.7. The quantitative estimate of drug-likeness (QED) is 0.234. The molecule has 2 amide bonds. The van der Waals surface area contributed by atoms with E-state index in [-0.39, 0.29) is 17.9 Å². The van der Waals surface area contributed by atoms with Crippen LogP contribution >= 0.6 is 0 Å². The number of carboxylic acids is 1. The van der Waals surface area contributed by atoms with Crippen molar-refractivity contribution >= 4 is 29.2 Å². The van der Waals surface area contributed by atoms with Crippen molar-refractivity contribution in [3.8, 4) is 5.75 Å². The number of amides is 2. The van der Waals surface area contributed by atoms with Crippen molar-refractivity contribution in [1.82, 2.24) is 4.90 Å². The molecule has 1 heterocycles. The smallest absolute Gasteiger partial charge is 0.339 e. The number of hydrogen-bond acceptors (Lipinski definition) is 8. The molecule has 0 bridgehead atoms. The number of nitrogens with one attached hydrogen (secondary N) is 1. The van der Waals surface area contributed by atoms with Gasteiger partial charge in [0.1, 0.15) is 11.3 Å². The molecule has 1 aliphatic heterocycles. The van der Waals surface area contributed by atoms with Gasteiger partial charge >= 0.3 is 11.7 Å². The van der Waals surface area contributed by atoms with E-state index in [1.54, 1.807) is 0 Å². The van der Waals surface area contributed by atoms with Crippen molar-refractivity contribution in [1.29, 1.82) is 0 Å². The van der Waals surface area contributed by atoms with Crippen molar-refractivity contribution in [3.05, 3.63) is 39.6 Å². The van der Waals surface area contributed by atoms with Crippen molar-refractivity contribution < 1.29 is 34.6 Å². The average Bonchev–Trinajstić information content (AvgIpc) is 2.76. The van der Waals surface area contributed by atoms with Gasteiger partial charge in [-0.1, -0.05) is 0 Å². The Hall–Kier alpha value is -3.47. The molecule has 24 heavy (non-hydrogen) atoms. The lowest BCUT2D eigenvalue weighted by atomic mass is 10.1. The molecule has 0 spiro atoms. The predicted molar refractivity (Wildman–Crippen MR) is 77.2 cm³/mol. The third-order valence-corrected chi connectivity index (χ3v) is 3.13. The van der Waals surface area contributed by atoms with Gasteiger partial charge in [-0.15, -0.1) is 0 Å². The lowest BCUT2D eigenvalue weighted by Crippen LogP contribution is -2.34. The highest BCUT2D eigenvalue weighted by molar-refractivity contribution is 6.17. The van der Waals surface area contributed by atoms with Crippen molar-refractivity contribution in [2.75, 3.05) is 18.5 Å². The SMILES string of the molecule is O=C(O)c1cc(NC2=CC(=O)N(CCO)C2=O)cc([N+](=O)[O-])c1O. The first kappa shape index (κ1) is 16.9. The molecule has 11 heteroatoms. The number of imide groups is 1. The summed E-state index contributed by atoms with van der Waals surface area (Å²) in [6.07, 6.45) is 0.914. The fraction of sp³-hybridized carbons (Fsp3) is 0.154. The summed E-state index contributed by atoms with van der Waals surface area (Å²) in [5.41, 5.74) is -2.03. The van der Waals surface area contributed by atoms with Crippen LogP contribution in [0.25, 0.3) is 0 Å². The lowest BCUT2D eigenvalue weighted by Gasteiger charge is -2.13. The molecule has 0 aromatic heterocycles. The molecular formula is C13H11N3O8. The maximum Gasteiger partial charge on any atom is 0.339 e. The van der Waals surface area contributed by atoms with Crippen LogP contribution in [0.15, 0.2) is 23.9 Å². The number of carbonyl (C=O) groups is 3. The number of nitro groups is 1. The Morgan fingerprint density at radius 2 is 2.00 bits per heavy atom. The summed E-state index contributed by atoms with van der Waals surface area (Å²) in [6, 6.07) is 1.72. The Balaban J connectivity index is 2.39. The molecule has 1 aromatic carbocycles.